The summed E-state index contributed by atoms with van der Waals surface area (Å²) in [5, 5.41) is 9.92. The van der Waals surface area contributed by atoms with Gasteiger partial charge in [-0.2, -0.15) is 5.26 Å². The van der Waals surface area contributed by atoms with Gasteiger partial charge in [-0.3, -0.25) is 0 Å². The van der Waals surface area contributed by atoms with Crippen LogP contribution in [0.3, 0.4) is 0 Å². The smallest absolute Gasteiger partial charge is 0.191 e. The van der Waals surface area contributed by atoms with E-state index in [-0.39, 0.29) is 0 Å². The molecule has 0 aliphatic heterocycles. The van der Waals surface area contributed by atoms with Crippen LogP contribution in [0.5, 0.6) is 0 Å². The summed E-state index contributed by atoms with van der Waals surface area (Å²) in [5.41, 5.74) is 8.91. The molecule has 0 amide bonds. The van der Waals surface area contributed by atoms with Crippen molar-refractivity contribution in [2.75, 3.05) is 11.5 Å². The summed E-state index contributed by atoms with van der Waals surface area (Å²) in [7, 11) is 0. The van der Waals surface area contributed by atoms with Gasteiger partial charge in [0.05, 0.1) is 24.5 Å². The third-order valence-corrected chi connectivity index (χ3v) is 4.61. The van der Waals surface area contributed by atoms with Crippen molar-refractivity contribution in [2.45, 2.75) is 31.5 Å². The largest absolute Gasteiger partial charge is 0.382 e. The highest BCUT2D eigenvalue weighted by molar-refractivity contribution is 7.99. The van der Waals surface area contributed by atoms with Crippen LogP contribution in [0.4, 0.5) is 5.82 Å². The van der Waals surface area contributed by atoms with Gasteiger partial charge < -0.3 is 10.3 Å². The molecule has 7 heteroatoms. The molecule has 122 valence electrons. The Morgan fingerprint density at radius 3 is 2.92 bits per heavy atom. The lowest BCUT2D eigenvalue weighted by Gasteiger charge is -2.07. The first-order valence-electron chi connectivity index (χ1n) is 7.82. The number of imidazole rings is 1. The molecule has 2 heterocycles. The molecule has 0 saturated carbocycles. The lowest BCUT2D eigenvalue weighted by Crippen LogP contribution is -2.03. The molecule has 24 heavy (non-hydrogen) atoms. The lowest BCUT2D eigenvalue weighted by atomic mass is 10.1. The maximum Gasteiger partial charge on any atom is 0.191 e. The number of benzene rings is 1. The number of anilines is 1. The molecular formula is C17H18N6S. The predicted molar refractivity (Wildman–Crippen MR) is 95.6 cm³/mol. The second kappa shape index (κ2) is 7.32. The summed E-state index contributed by atoms with van der Waals surface area (Å²) in [6.45, 7) is 2.68. The predicted octanol–water partition coefficient (Wildman–Crippen LogP) is 3.22. The molecule has 0 atom stereocenters. The number of rotatable bonds is 6. The van der Waals surface area contributed by atoms with Crippen molar-refractivity contribution in [2.24, 2.45) is 0 Å². The molecule has 6 nitrogen and oxygen atoms in total. The Morgan fingerprint density at radius 1 is 1.29 bits per heavy atom. The normalized spacial score (nSPS) is 10.8. The van der Waals surface area contributed by atoms with Gasteiger partial charge in [-0.15, -0.1) is 0 Å². The first-order chi connectivity index (χ1) is 11.7. The molecule has 1 aromatic carbocycles. The summed E-state index contributed by atoms with van der Waals surface area (Å²) in [4.78, 5) is 13.3. The highest BCUT2D eigenvalue weighted by Crippen LogP contribution is 2.23. The topological polar surface area (TPSA) is 93.4 Å². The lowest BCUT2D eigenvalue weighted by molar-refractivity contribution is 0.802. The third-order valence-electron chi connectivity index (χ3n) is 3.68. The number of hydrogen-bond donors (Lipinski definition) is 1. The Labute approximate surface area is 144 Å². The van der Waals surface area contributed by atoms with E-state index in [0.717, 1.165) is 24.2 Å². The van der Waals surface area contributed by atoms with E-state index in [1.807, 2.05) is 28.8 Å². The van der Waals surface area contributed by atoms with Crippen LogP contribution >= 0.6 is 11.8 Å². The van der Waals surface area contributed by atoms with E-state index >= 15 is 0 Å². The number of aromatic nitrogens is 4. The molecule has 0 saturated heterocycles. The van der Waals surface area contributed by atoms with Crippen molar-refractivity contribution >= 4 is 28.7 Å². The Morgan fingerprint density at radius 2 is 2.12 bits per heavy atom. The van der Waals surface area contributed by atoms with Gasteiger partial charge >= 0.3 is 0 Å². The number of fused-ring (bicyclic) bond motifs is 1. The monoisotopic (exact) mass is 338 g/mol. The first kappa shape index (κ1) is 16.3. The molecule has 0 radical (unpaired) electrons. The van der Waals surface area contributed by atoms with Gasteiger partial charge in [-0.05, 0) is 18.1 Å². The molecule has 0 fully saturated rings. The Bertz CT molecular complexity index is 896. The summed E-state index contributed by atoms with van der Waals surface area (Å²) in [5.74, 6) is 1.36. The van der Waals surface area contributed by atoms with Crippen LogP contribution in [0, 0.1) is 11.3 Å². The molecule has 3 aromatic rings. The van der Waals surface area contributed by atoms with E-state index in [2.05, 4.69) is 27.9 Å². The third kappa shape index (κ3) is 3.34. The maximum absolute atomic E-state index is 9.25. The van der Waals surface area contributed by atoms with Crippen molar-refractivity contribution in [3.8, 4) is 6.07 Å². The van der Waals surface area contributed by atoms with Crippen LogP contribution in [0.1, 0.15) is 30.9 Å². The number of unbranched alkanes of at least 4 members (excludes halogenated alkanes) is 1. The molecule has 0 aliphatic rings. The van der Waals surface area contributed by atoms with Crippen LogP contribution in [0.2, 0.25) is 0 Å². The summed E-state index contributed by atoms with van der Waals surface area (Å²) in [6, 6.07) is 9.74. The molecule has 0 aliphatic carbocycles. The average molecular weight is 338 g/mol. The molecule has 0 bridgehead atoms. The maximum atomic E-state index is 9.25. The van der Waals surface area contributed by atoms with Crippen molar-refractivity contribution < 1.29 is 0 Å². The van der Waals surface area contributed by atoms with E-state index in [4.69, 9.17) is 5.73 Å². The number of thioether (sulfide) groups is 1. The SMILES string of the molecule is CCCCSc1nc(N)c2ncn(Cc3ccccc3C#N)c2n1. The number of hydrogen-bond acceptors (Lipinski definition) is 6. The minimum absolute atomic E-state index is 0.395. The number of nitriles is 1. The van der Waals surface area contributed by atoms with Crippen LogP contribution in [0.25, 0.3) is 11.2 Å². The molecule has 2 N–H and O–H groups in total. The minimum atomic E-state index is 0.395. The van der Waals surface area contributed by atoms with E-state index in [1.54, 1.807) is 18.1 Å². The Kier molecular flexibility index (Phi) is 4.96. The van der Waals surface area contributed by atoms with Crippen LogP contribution in [-0.2, 0) is 6.54 Å². The number of nitrogens with two attached hydrogens (primary N) is 1. The average Bonchev–Trinajstić information content (AvgIpc) is 2.99. The van der Waals surface area contributed by atoms with Gasteiger partial charge in [0.1, 0.15) is 5.52 Å². The summed E-state index contributed by atoms with van der Waals surface area (Å²) >= 11 is 1.60. The van der Waals surface area contributed by atoms with Gasteiger partial charge in [0.2, 0.25) is 0 Å². The molecular weight excluding hydrogens is 320 g/mol. The fraction of sp³-hybridized carbons (Fsp3) is 0.294. The number of nitrogen functional groups attached to an aromatic ring is 1. The second-order valence-corrected chi connectivity index (χ2v) is 6.47. The minimum Gasteiger partial charge on any atom is -0.382 e. The fourth-order valence-corrected chi connectivity index (χ4v) is 3.31. The zero-order chi connectivity index (χ0) is 16.9. The first-order valence-corrected chi connectivity index (χ1v) is 8.80. The zero-order valence-corrected chi connectivity index (χ0v) is 14.3. The van der Waals surface area contributed by atoms with Crippen molar-refractivity contribution in [1.82, 2.24) is 19.5 Å². The van der Waals surface area contributed by atoms with Crippen LogP contribution in [-0.4, -0.2) is 25.3 Å². The van der Waals surface area contributed by atoms with E-state index in [9.17, 15) is 5.26 Å². The number of nitrogens with zero attached hydrogens (tertiary/aromatic N) is 5. The fourth-order valence-electron chi connectivity index (χ4n) is 2.38. The molecule has 3 rings (SSSR count). The highest BCUT2D eigenvalue weighted by Gasteiger charge is 2.13. The summed E-state index contributed by atoms with van der Waals surface area (Å²) < 4.78 is 1.91. The molecule has 0 unspecified atom stereocenters. The van der Waals surface area contributed by atoms with Crippen molar-refractivity contribution in [3.63, 3.8) is 0 Å². The Hall–Kier alpha value is -2.59. The van der Waals surface area contributed by atoms with E-state index in [1.165, 1.54) is 0 Å². The van der Waals surface area contributed by atoms with Gasteiger partial charge in [-0.25, -0.2) is 15.0 Å². The van der Waals surface area contributed by atoms with Crippen molar-refractivity contribution in [3.05, 3.63) is 41.7 Å². The quantitative estimate of drug-likeness (QED) is 0.421. The zero-order valence-electron chi connectivity index (χ0n) is 13.4. The van der Waals surface area contributed by atoms with E-state index in [0.29, 0.717) is 34.2 Å². The van der Waals surface area contributed by atoms with Crippen molar-refractivity contribution in [1.29, 1.82) is 5.26 Å². The second-order valence-electron chi connectivity index (χ2n) is 5.41. The highest BCUT2D eigenvalue weighted by atomic mass is 32.2. The Balaban J connectivity index is 1.95. The summed E-state index contributed by atoms with van der Waals surface area (Å²) in [6.07, 6.45) is 3.94. The molecule has 0 spiro atoms. The van der Waals surface area contributed by atoms with Crippen LogP contribution < -0.4 is 5.73 Å². The van der Waals surface area contributed by atoms with Gasteiger partial charge in [0, 0.05) is 5.75 Å². The van der Waals surface area contributed by atoms with Gasteiger partial charge in [0.15, 0.2) is 16.6 Å². The van der Waals surface area contributed by atoms with Crippen LogP contribution in [0.15, 0.2) is 35.7 Å². The van der Waals surface area contributed by atoms with Gasteiger partial charge in [-0.1, -0.05) is 43.3 Å². The standard InChI is InChI=1S/C17H18N6S/c1-2-3-8-24-17-21-15(19)14-16(22-17)23(11-20-14)10-13-7-5-4-6-12(13)9-18/h4-7,11H,2-3,8,10H2,1H3,(H2,19,21,22). The van der Waals surface area contributed by atoms with Gasteiger partial charge in [0.25, 0.3) is 0 Å². The molecule has 2 aromatic heterocycles. The van der Waals surface area contributed by atoms with E-state index < -0.39 is 0 Å².